The fourth-order valence-corrected chi connectivity index (χ4v) is 26.0. The summed E-state index contributed by atoms with van der Waals surface area (Å²) >= 11 is 2.45. The Bertz CT molecular complexity index is 2490. The molecule has 2 aliphatic carbocycles. The van der Waals surface area contributed by atoms with Crippen molar-refractivity contribution in [1.29, 1.82) is 0 Å². The van der Waals surface area contributed by atoms with Crippen molar-refractivity contribution in [3.8, 4) is 33.4 Å². The molecule has 3 heteroatoms. The van der Waals surface area contributed by atoms with Crippen LogP contribution in [-0.4, -0.2) is 4.21 Å². The van der Waals surface area contributed by atoms with Gasteiger partial charge in [0.2, 0.25) is 0 Å². The Morgan fingerprint density at radius 3 is 1.59 bits per heavy atom. The maximum atomic E-state index is 5.90. The maximum absolute atomic E-state index is 5.90. The molecule has 0 unspecified atom stereocenters. The molecule has 0 nitrogen and oxygen atoms in total. The summed E-state index contributed by atoms with van der Waals surface area (Å²) in [5.74, 6) is 0. The van der Waals surface area contributed by atoms with Gasteiger partial charge in [0.1, 0.15) is 0 Å². The van der Waals surface area contributed by atoms with E-state index in [-0.39, 0.29) is 10.8 Å². The first-order valence-electron chi connectivity index (χ1n) is 19.1. The van der Waals surface area contributed by atoms with E-state index >= 15 is 0 Å². The number of fused-ring (bicyclic) bond motifs is 3. The van der Waals surface area contributed by atoms with Crippen molar-refractivity contribution in [3.05, 3.63) is 180 Å². The summed E-state index contributed by atoms with van der Waals surface area (Å²) in [7, 11) is 0. The Hall–Kier alpha value is -3.49. The van der Waals surface area contributed by atoms with E-state index in [0.29, 0.717) is 0 Å². The molecule has 0 saturated carbocycles. The Balaban J connectivity index is 1.62. The monoisotopic (exact) mass is 908 g/mol. The Labute approximate surface area is 340 Å². The van der Waals surface area contributed by atoms with Crippen LogP contribution in [0.3, 0.4) is 0 Å². The Kier molecular flexibility index (Phi) is 9.44. The quantitative estimate of drug-likeness (QED) is 0.156. The van der Waals surface area contributed by atoms with Crippen LogP contribution < -0.4 is 9.81 Å². The topological polar surface area (TPSA) is 0 Å². The molecular weight excluding hydrogens is 864 g/mol. The van der Waals surface area contributed by atoms with Gasteiger partial charge in [-0.25, -0.2) is 0 Å². The van der Waals surface area contributed by atoms with Gasteiger partial charge in [0.15, 0.2) is 0 Å². The zero-order valence-corrected chi connectivity index (χ0v) is 37.9. The number of halogens is 2. The van der Waals surface area contributed by atoms with Gasteiger partial charge in [-0.05, 0) is 0 Å². The number of hydrogen-bond donors (Lipinski definition) is 0. The fraction of sp³-hybridized carbons (Fsp3) is 0.196. The summed E-state index contributed by atoms with van der Waals surface area (Å²) in [4.78, 5) is 0. The SMILES string of the molecule is [CH2]=[Zr]([C]1=CC=CC1)([c]1ccc(Br)cc1)([c]1ccc(Br)cc1)[c]1c2c(cc(C(C)(C)C)c1-c1ccccc1)-c1cc(C(C)(C)C)c(-c3ccccc3)cc1C2. The van der Waals surface area contributed by atoms with Crippen LogP contribution in [-0.2, 0) is 35.5 Å². The van der Waals surface area contributed by atoms with Gasteiger partial charge in [-0.3, -0.25) is 0 Å². The minimum absolute atomic E-state index is 0.0473. The molecule has 2 aliphatic rings. The normalized spacial score (nSPS) is 14.2. The molecule has 0 saturated heterocycles. The van der Waals surface area contributed by atoms with Crippen molar-refractivity contribution in [1.82, 2.24) is 0 Å². The van der Waals surface area contributed by atoms with Crippen LogP contribution in [0.5, 0.6) is 0 Å². The van der Waals surface area contributed by atoms with Gasteiger partial charge >= 0.3 is 343 Å². The van der Waals surface area contributed by atoms with Crippen molar-refractivity contribution < 1.29 is 18.3 Å². The van der Waals surface area contributed by atoms with E-state index in [1.54, 1.807) is 0 Å². The average Bonchev–Trinajstić information content (AvgIpc) is 3.83. The Morgan fingerprint density at radius 2 is 1.09 bits per heavy atom. The van der Waals surface area contributed by atoms with Gasteiger partial charge in [0, 0.05) is 0 Å². The predicted molar refractivity (Wildman–Crippen MR) is 239 cm³/mol. The van der Waals surface area contributed by atoms with Crippen LogP contribution in [0, 0.1) is 0 Å². The van der Waals surface area contributed by atoms with Crippen molar-refractivity contribution >= 4 is 45.9 Å². The average molecular weight is 912 g/mol. The summed E-state index contributed by atoms with van der Waals surface area (Å²) in [5.41, 5.74) is 13.4. The summed E-state index contributed by atoms with van der Waals surface area (Å²) in [6.07, 6.45) is 8.81. The zero-order valence-electron chi connectivity index (χ0n) is 32.2. The standard InChI is InChI=1S/C33H33.2C6H4Br.C5H5.CH2.Zr/c1-32(2,3)30-20-26-24(18-28(30)22-13-9-7-10-14-22)17-25-19-29(23-15-11-8-12-16-23)31(21-27(25)26)33(4,5)6;2*7-6-4-2-1-3-5-6;1-2-4-5-3-1;;/h7-16,18,20-21H,17H2,1-6H3;2*2-5H;1-3H,4H2;1H2;. The second kappa shape index (κ2) is 13.6. The molecule has 0 radical (unpaired) electrons. The fourth-order valence-electron chi connectivity index (χ4n) is 9.44. The van der Waals surface area contributed by atoms with Crippen LogP contribution in [0.25, 0.3) is 33.4 Å². The second-order valence-corrected chi connectivity index (χ2v) is 32.1. The molecule has 54 heavy (non-hydrogen) atoms. The van der Waals surface area contributed by atoms with Gasteiger partial charge < -0.3 is 0 Å². The first kappa shape index (κ1) is 37.4. The van der Waals surface area contributed by atoms with E-state index < -0.39 is 18.3 Å². The molecule has 0 aliphatic heterocycles. The number of rotatable bonds is 6. The van der Waals surface area contributed by atoms with Gasteiger partial charge in [-0.15, -0.1) is 0 Å². The number of benzene rings is 6. The van der Waals surface area contributed by atoms with E-state index in [9.17, 15) is 0 Å². The van der Waals surface area contributed by atoms with E-state index in [1.165, 1.54) is 68.7 Å². The minimum atomic E-state index is -5.17. The van der Waals surface area contributed by atoms with Crippen LogP contribution in [0.2, 0.25) is 0 Å². The summed E-state index contributed by atoms with van der Waals surface area (Å²) in [6.45, 7) is 14.2. The van der Waals surface area contributed by atoms with Gasteiger partial charge in [-0.2, -0.15) is 0 Å². The summed E-state index contributed by atoms with van der Waals surface area (Å²) in [6, 6.07) is 48.4. The molecule has 0 bridgehead atoms. The molecule has 0 fully saturated rings. The van der Waals surface area contributed by atoms with Crippen LogP contribution in [0.1, 0.15) is 70.2 Å². The second-order valence-electron chi connectivity index (χ2n) is 17.5. The summed E-state index contributed by atoms with van der Waals surface area (Å²) < 4.78 is 13.7. The Morgan fingerprint density at radius 1 is 0.574 bits per heavy atom. The third-order valence-corrected chi connectivity index (χ3v) is 29.5. The molecule has 0 aromatic heterocycles. The van der Waals surface area contributed by atoms with Crippen molar-refractivity contribution in [3.63, 3.8) is 0 Å². The zero-order chi connectivity index (χ0) is 38.1. The molecular formula is C51H48Br2Zr. The number of hydrogen-bond acceptors (Lipinski definition) is 0. The molecule has 0 spiro atoms. The number of allylic oxidation sites excluding steroid dienone is 4. The van der Waals surface area contributed by atoms with Crippen LogP contribution in [0.4, 0.5) is 0 Å². The van der Waals surface area contributed by atoms with Gasteiger partial charge in [0.05, 0.1) is 0 Å². The third kappa shape index (κ3) is 5.96. The van der Waals surface area contributed by atoms with Gasteiger partial charge in [0.25, 0.3) is 0 Å². The molecule has 8 rings (SSSR count). The third-order valence-electron chi connectivity index (χ3n) is 12.1. The van der Waals surface area contributed by atoms with Crippen LogP contribution >= 0.6 is 31.9 Å². The summed E-state index contributed by atoms with van der Waals surface area (Å²) in [5, 5.41) is 0. The van der Waals surface area contributed by atoms with E-state index in [4.69, 9.17) is 4.21 Å². The van der Waals surface area contributed by atoms with E-state index in [1.807, 2.05) is 0 Å². The van der Waals surface area contributed by atoms with Crippen molar-refractivity contribution in [2.75, 3.05) is 0 Å². The molecule has 0 amide bonds. The molecule has 0 atom stereocenters. The predicted octanol–water partition coefficient (Wildman–Crippen LogP) is 13.0. The molecule has 6 aromatic rings. The molecule has 270 valence electrons. The van der Waals surface area contributed by atoms with Crippen molar-refractivity contribution in [2.24, 2.45) is 0 Å². The first-order valence-corrected chi connectivity index (χ1v) is 27.3. The van der Waals surface area contributed by atoms with Crippen LogP contribution in [0.15, 0.2) is 158 Å². The van der Waals surface area contributed by atoms with E-state index in [0.717, 1.165) is 21.8 Å². The molecule has 0 heterocycles. The molecule has 0 N–H and O–H groups in total. The van der Waals surface area contributed by atoms with Crippen molar-refractivity contribution in [2.45, 2.75) is 65.2 Å². The first-order chi connectivity index (χ1) is 25.7. The van der Waals surface area contributed by atoms with E-state index in [2.05, 4.69) is 219 Å². The van der Waals surface area contributed by atoms with Gasteiger partial charge in [-0.1, -0.05) is 0 Å². The molecule has 6 aromatic carbocycles.